The number of aliphatic hydroxyl groups is 1. The second-order valence-electron chi connectivity index (χ2n) is 17.1. The van der Waals surface area contributed by atoms with Crippen LogP contribution in [-0.2, 0) is 54.5 Å². The number of carboxylic acid groups (broad SMARTS) is 2. The highest BCUT2D eigenvalue weighted by atomic mass is 19.1. The van der Waals surface area contributed by atoms with Gasteiger partial charge in [-0.3, -0.25) is 48.1 Å². The molecule has 3 aromatic rings. The number of hydrogen-bond donors (Lipinski definition) is 8. The van der Waals surface area contributed by atoms with Gasteiger partial charge in [0.15, 0.2) is 0 Å². The lowest BCUT2D eigenvalue weighted by molar-refractivity contribution is -0.143. The van der Waals surface area contributed by atoms with Crippen LogP contribution in [-0.4, -0.2) is 133 Å². The monoisotopic (exact) mass is 964 g/mol. The quantitative estimate of drug-likeness (QED) is 0.0537. The Morgan fingerprint density at radius 3 is 2.04 bits per heavy atom. The molecule has 4 rings (SSSR count). The van der Waals surface area contributed by atoms with Crippen LogP contribution in [0.4, 0.5) is 8.78 Å². The molecule has 2 heterocycles. The third-order valence-electron chi connectivity index (χ3n) is 10.7. The maximum Gasteiger partial charge on any atom is 0.326 e. The van der Waals surface area contributed by atoms with Gasteiger partial charge >= 0.3 is 11.9 Å². The second-order valence-corrected chi connectivity index (χ2v) is 17.1. The Balaban J connectivity index is 1.71. The van der Waals surface area contributed by atoms with Crippen molar-refractivity contribution >= 4 is 59.2 Å². The van der Waals surface area contributed by atoms with E-state index >= 15 is 4.39 Å². The molecule has 1 aromatic heterocycles. The van der Waals surface area contributed by atoms with E-state index in [1.54, 1.807) is 55.8 Å². The number of nitrogens with two attached hydrogens (primary N) is 1. The van der Waals surface area contributed by atoms with E-state index in [2.05, 4.69) is 21.3 Å². The van der Waals surface area contributed by atoms with Crippen molar-refractivity contribution in [2.24, 2.45) is 11.1 Å². The molecule has 4 unspecified atom stereocenters. The number of primary amides is 1. The molecular formula is C46H54F2N8O13. The van der Waals surface area contributed by atoms with Gasteiger partial charge in [-0.2, -0.15) is 0 Å². The average molecular weight is 965 g/mol. The lowest BCUT2D eigenvalue weighted by Crippen LogP contribution is -2.56. The van der Waals surface area contributed by atoms with Crippen LogP contribution in [0.5, 0.6) is 0 Å². The fourth-order valence-electron chi connectivity index (χ4n) is 7.50. The van der Waals surface area contributed by atoms with Crippen molar-refractivity contribution in [3.63, 3.8) is 0 Å². The van der Waals surface area contributed by atoms with E-state index in [1.807, 2.05) is 12.1 Å². The minimum Gasteiger partial charge on any atom is -0.481 e. The van der Waals surface area contributed by atoms with Crippen LogP contribution < -0.4 is 27.0 Å². The third-order valence-corrected chi connectivity index (χ3v) is 10.7. The largest absolute Gasteiger partial charge is 0.481 e. The summed E-state index contributed by atoms with van der Waals surface area (Å²) in [6.07, 6.45) is 0.542. The molecule has 0 saturated carbocycles. The van der Waals surface area contributed by atoms with Crippen molar-refractivity contribution < 1.29 is 72.0 Å². The minimum atomic E-state index is -1.80. The number of carboxylic acids is 2. The van der Waals surface area contributed by atoms with Crippen molar-refractivity contribution in [2.75, 3.05) is 26.2 Å². The van der Waals surface area contributed by atoms with Crippen LogP contribution in [0.15, 0.2) is 72.9 Å². The summed E-state index contributed by atoms with van der Waals surface area (Å²) < 4.78 is 31.6. The SMILES string of the molecule is CC(C)(C)C(c1cc(-c2cc(F)ccc2F)cn1Cc1ccccc1)N(CCC(NC(=O)C(CC(N)=O)NC(=O)CN1C(=O)C=CC1=O)C(=O)NCCC(=O)NC(CCC(=O)O)C(=O)O)C(=O)CO. The Bertz CT molecular complexity index is 2450. The van der Waals surface area contributed by atoms with E-state index < -0.39 is 159 Å². The molecule has 8 amide bonds. The maximum atomic E-state index is 15.3. The highest BCUT2D eigenvalue weighted by Crippen LogP contribution is 2.41. The smallest absolute Gasteiger partial charge is 0.326 e. The van der Waals surface area contributed by atoms with E-state index in [0.29, 0.717) is 10.6 Å². The number of hydrogen-bond acceptors (Lipinski definition) is 11. The first-order valence-electron chi connectivity index (χ1n) is 21.5. The molecule has 9 N–H and O–H groups in total. The molecule has 0 radical (unpaired) electrons. The second kappa shape index (κ2) is 24.3. The highest BCUT2D eigenvalue weighted by Gasteiger charge is 2.39. The van der Waals surface area contributed by atoms with Crippen LogP contribution in [0, 0.1) is 17.0 Å². The Morgan fingerprint density at radius 1 is 0.797 bits per heavy atom. The average Bonchev–Trinajstić information content (AvgIpc) is 3.82. The molecule has 4 atom stereocenters. The fraction of sp³-hybridized carbons (Fsp3) is 0.391. The molecule has 2 aromatic carbocycles. The van der Waals surface area contributed by atoms with Gasteiger partial charge in [0.25, 0.3) is 11.8 Å². The molecule has 370 valence electrons. The minimum absolute atomic E-state index is 0.0875. The lowest BCUT2D eigenvalue weighted by Gasteiger charge is -2.41. The third kappa shape index (κ3) is 15.6. The molecule has 1 aliphatic rings. The molecule has 23 heteroatoms. The number of nitrogens with one attached hydrogen (secondary N) is 4. The summed E-state index contributed by atoms with van der Waals surface area (Å²) in [7, 11) is 0. The topological polar surface area (TPSA) is 317 Å². The molecule has 0 saturated heterocycles. The van der Waals surface area contributed by atoms with Crippen molar-refractivity contribution in [2.45, 2.75) is 83.6 Å². The Kier molecular flexibility index (Phi) is 18.9. The van der Waals surface area contributed by atoms with Crippen LogP contribution >= 0.6 is 0 Å². The van der Waals surface area contributed by atoms with Crippen molar-refractivity contribution in [1.82, 2.24) is 35.6 Å². The summed E-state index contributed by atoms with van der Waals surface area (Å²) in [6, 6.07) is 7.49. The number of aliphatic hydroxyl groups excluding tert-OH is 1. The predicted octanol–water partition coefficient (Wildman–Crippen LogP) is 0.490. The number of rotatable bonds is 25. The van der Waals surface area contributed by atoms with Gasteiger partial charge in [-0.15, -0.1) is 0 Å². The van der Waals surface area contributed by atoms with Gasteiger partial charge < -0.3 is 51.8 Å². The van der Waals surface area contributed by atoms with E-state index in [-0.39, 0.29) is 17.7 Å². The highest BCUT2D eigenvalue weighted by molar-refractivity contribution is 6.14. The van der Waals surface area contributed by atoms with Gasteiger partial charge in [0.2, 0.25) is 35.4 Å². The number of nitrogens with zero attached hydrogens (tertiary/aromatic N) is 3. The summed E-state index contributed by atoms with van der Waals surface area (Å²) in [4.78, 5) is 128. The Morgan fingerprint density at radius 2 is 1.45 bits per heavy atom. The molecule has 0 bridgehead atoms. The first-order valence-corrected chi connectivity index (χ1v) is 21.5. The van der Waals surface area contributed by atoms with E-state index in [9.17, 15) is 62.5 Å². The molecule has 0 fully saturated rings. The van der Waals surface area contributed by atoms with Gasteiger partial charge in [-0.05, 0) is 48.1 Å². The molecular weight excluding hydrogens is 911 g/mol. The van der Waals surface area contributed by atoms with E-state index in [0.717, 1.165) is 35.9 Å². The summed E-state index contributed by atoms with van der Waals surface area (Å²) in [6.45, 7) is 2.65. The van der Waals surface area contributed by atoms with Crippen molar-refractivity contribution in [1.29, 1.82) is 0 Å². The van der Waals surface area contributed by atoms with Gasteiger partial charge in [-0.25, -0.2) is 13.6 Å². The number of amides is 8. The van der Waals surface area contributed by atoms with Gasteiger partial charge in [-0.1, -0.05) is 51.1 Å². The first kappa shape index (κ1) is 53.8. The Labute approximate surface area is 394 Å². The number of carbonyl (C=O) groups is 10. The number of benzene rings is 2. The van der Waals surface area contributed by atoms with Gasteiger partial charge in [0.05, 0.1) is 12.5 Å². The van der Waals surface area contributed by atoms with Crippen LogP contribution in [0.25, 0.3) is 11.1 Å². The zero-order chi connectivity index (χ0) is 51.2. The summed E-state index contributed by atoms with van der Waals surface area (Å²) in [5, 5.41) is 38.0. The number of carbonyl (C=O) groups excluding carboxylic acids is 8. The normalized spacial score (nSPS) is 14.0. The van der Waals surface area contributed by atoms with Crippen molar-refractivity contribution in [3.05, 3.63) is 95.8 Å². The predicted molar refractivity (Wildman–Crippen MR) is 239 cm³/mol. The zero-order valence-electron chi connectivity index (χ0n) is 37.9. The van der Waals surface area contributed by atoms with E-state index in [4.69, 9.17) is 10.8 Å². The number of aromatic nitrogens is 1. The maximum absolute atomic E-state index is 15.3. The first-order chi connectivity index (χ1) is 32.5. The molecule has 21 nitrogen and oxygen atoms in total. The van der Waals surface area contributed by atoms with Gasteiger partial charge in [0, 0.05) is 67.6 Å². The molecule has 1 aliphatic heterocycles. The van der Waals surface area contributed by atoms with Crippen LogP contribution in [0.2, 0.25) is 0 Å². The zero-order valence-corrected chi connectivity index (χ0v) is 37.9. The lowest BCUT2D eigenvalue weighted by atomic mass is 9.82. The molecule has 0 spiro atoms. The Hall–Kier alpha value is -7.82. The molecule has 0 aliphatic carbocycles. The molecule has 69 heavy (non-hydrogen) atoms. The van der Waals surface area contributed by atoms with Crippen molar-refractivity contribution in [3.8, 4) is 11.1 Å². The standard InChI is InChI=1S/C46H54F2N8O13/c1-46(2,3)42(34-19-27(29-20-28(47)9-10-30(29)48)23-54(34)22-26-7-5-4-6-8-26)55(40(63)25-57)18-16-31(43(66)50-17-15-36(59)51-32(45(68)69)11-14-41(64)65)53-44(67)33(21-35(49)58)52-37(60)24-56-38(61)12-13-39(56)62/h4-10,12-13,19-20,23,31-33,42,57H,11,14-18,21-22,24-25H2,1-3H3,(H2,49,58)(H,50,66)(H,51,59)(H,52,60)(H,53,67)(H,64,65)(H,68,69). The number of halogens is 2. The summed E-state index contributed by atoms with van der Waals surface area (Å²) in [5.74, 6) is -12.0. The van der Waals surface area contributed by atoms with E-state index in [1.165, 1.54) is 4.90 Å². The number of imide groups is 1. The fourth-order valence-corrected chi connectivity index (χ4v) is 7.50. The van der Waals surface area contributed by atoms with Gasteiger partial charge in [0.1, 0.15) is 42.9 Å². The summed E-state index contributed by atoms with van der Waals surface area (Å²) >= 11 is 0. The van der Waals surface area contributed by atoms with Crippen LogP contribution in [0.1, 0.15) is 70.2 Å². The number of aliphatic carboxylic acids is 2. The summed E-state index contributed by atoms with van der Waals surface area (Å²) in [5.41, 5.74) is 5.79. The van der Waals surface area contributed by atoms with Crippen LogP contribution in [0.3, 0.4) is 0 Å².